The summed E-state index contributed by atoms with van der Waals surface area (Å²) in [4.78, 5) is 11.3. The van der Waals surface area contributed by atoms with E-state index < -0.39 is 11.8 Å². The van der Waals surface area contributed by atoms with E-state index in [1.165, 1.54) is 6.07 Å². The Balaban J connectivity index is 3.11. The lowest BCUT2D eigenvalue weighted by molar-refractivity contribution is 0.0521. The van der Waals surface area contributed by atoms with E-state index >= 15 is 0 Å². The number of carbonyl (C=O) groups is 1. The van der Waals surface area contributed by atoms with Gasteiger partial charge in [-0.3, -0.25) is 0 Å². The van der Waals surface area contributed by atoms with Crippen LogP contribution in [-0.4, -0.2) is 12.6 Å². The van der Waals surface area contributed by atoms with Crippen LogP contribution in [0.25, 0.3) is 0 Å². The number of ether oxygens (including phenoxy) is 1. The van der Waals surface area contributed by atoms with Crippen LogP contribution in [0.3, 0.4) is 0 Å². The maximum atomic E-state index is 13.5. The molecular formula is C9H7FI2O2. The van der Waals surface area contributed by atoms with Gasteiger partial charge in [-0.15, -0.1) is 0 Å². The maximum absolute atomic E-state index is 13.5. The van der Waals surface area contributed by atoms with Crippen LogP contribution in [0.4, 0.5) is 4.39 Å². The minimum atomic E-state index is -0.612. The number of hydrogen-bond acceptors (Lipinski definition) is 2. The summed E-state index contributed by atoms with van der Waals surface area (Å²) in [6, 6.07) is 3.13. The predicted molar refractivity (Wildman–Crippen MR) is 67.8 cm³/mol. The third kappa shape index (κ3) is 2.56. The van der Waals surface area contributed by atoms with Gasteiger partial charge in [-0.05, 0) is 64.2 Å². The highest BCUT2D eigenvalue weighted by Crippen LogP contribution is 2.21. The number of halogens is 3. The molecule has 0 heterocycles. The van der Waals surface area contributed by atoms with Gasteiger partial charge >= 0.3 is 5.97 Å². The highest BCUT2D eigenvalue weighted by Gasteiger charge is 2.16. The molecule has 1 aromatic carbocycles. The Morgan fingerprint density at radius 2 is 2.14 bits per heavy atom. The first-order valence-corrected chi connectivity index (χ1v) is 6.04. The minimum Gasteiger partial charge on any atom is -0.462 e. The first-order chi connectivity index (χ1) is 6.57. The minimum absolute atomic E-state index is 0.00309. The number of carbonyl (C=O) groups excluding carboxylic acids is 1. The van der Waals surface area contributed by atoms with E-state index in [9.17, 15) is 9.18 Å². The van der Waals surface area contributed by atoms with Gasteiger partial charge in [0.15, 0.2) is 5.82 Å². The molecule has 1 rings (SSSR count). The zero-order valence-corrected chi connectivity index (χ0v) is 11.6. The van der Waals surface area contributed by atoms with Crippen molar-refractivity contribution in [2.75, 3.05) is 6.61 Å². The Morgan fingerprint density at radius 1 is 1.50 bits per heavy atom. The van der Waals surface area contributed by atoms with Gasteiger partial charge in [0.25, 0.3) is 0 Å². The number of esters is 1. The van der Waals surface area contributed by atoms with Crippen molar-refractivity contribution < 1.29 is 13.9 Å². The number of benzene rings is 1. The molecule has 0 unspecified atom stereocenters. The molecule has 0 aliphatic rings. The summed E-state index contributed by atoms with van der Waals surface area (Å²) in [5, 5.41) is 0. The maximum Gasteiger partial charge on any atom is 0.341 e. The fourth-order valence-corrected chi connectivity index (χ4v) is 1.78. The van der Waals surface area contributed by atoms with E-state index in [0.717, 1.165) is 3.57 Å². The molecule has 0 aromatic heterocycles. The number of hydrogen-bond donors (Lipinski definition) is 0. The SMILES string of the molecule is CCOC(=O)c1ccc(I)c(I)c1F. The van der Waals surface area contributed by atoms with Crippen molar-refractivity contribution in [3.05, 3.63) is 30.7 Å². The van der Waals surface area contributed by atoms with Crippen LogP contribution in [0.15, 0.2) is 12.1 Å². The molecule has 0 radical (unpaired) electrons. The molecule has 0 saturated carbocycles. The smallest absolute Gasteiger partial charge is 0.341 e. The second kappa shape index (κ2) is 5.24. The molecule has 0 aliphatic heterocycles. The van der Waals surface area contributed by atoms with Gasteiger partial charge in [-0.1, -0.05) is 0 Å². The Bertz CT molecular complexity index is 366. The molecule has 0 bridgehead atoms. The van der Waals surface area contributed by atoms with Crippen LogP contribution in [0.1, 0.15) is 17.3 Å². The van der Waals surface area contributed by atoms with Gasteiger partial charge in [0, 0.05) is 3.57 Å². The lowest BCUT2D eigenvalue weighted by atomic mass is 10.2. The summed E-state index contributed by atoms with van der Waals surface area (Å²) < 4.78 is 19.5. The molecule has 0 fully saturated rings. The lowest BCUT2D eigenvalue weighted by Crippen LogP contribution is -2.08. The monoisotopic (exact) mass is 420 g/mol. The molecule has 76 valence electrons. The molecule has 1 aromatic rings. The van der Waals surface area contributed by atoms with Crippen molar-refractivity contribution >= 4 is 51.2 Å². The van der Waals surface area contributed by atoms with Crippen molar-refractivity contribution in [3.8, 4) is 0 Å². The van der Waals surface area contributed by atoms with Crippen LogP contribution >= 0.6 is 45.2 Å². The van der Waals surface area contributed by atoms with Gasteiger partial charge in [-0.2, -0.15) is 0 Å². The highest BCUT2D eigenvalue weighted by atomic mass is 127. The molecule has 14 heavy (non-hydrogen) atoms. The van der Waals surface area contributed by atoms with E-state index in [4.69, 9.17) is 4.74 Å². The molecule has 0 aliphatic carbocycles. The van der Waals surface area contributed by atoms with Crippen LogP contribution < -0.4 is 0 Å². The average molecular weight is 420 g/mol. The van der Waals surface area contributed by atoms with Crippen LogP contribution in [-0.2, 0) is 4.74 Å². The summed E-state index contributed by atoms with van der Waals surface area (Å²) in [6.07, 6.45) is 0. The molecule has 2 nitrogen and oxygen atoms in total. The Hall–Kier alpha value is 0.0800. The van der Waals surface area contributed by atoms with Crippen molar-refractivity contribution in [2.45, 2.75) is 6.92 Å². The first kappa shape index (κ1) is 12.2. The largest absolute Gasteiger partial charge is 0.462 e. The second-order valence-corrected chi connectivity index (χ2v) is 4.68. The first-order valence-electron chi connectivity index (χ1n) is 3.88. The quantitative estimate of drug-likeness (QED) is 0.418. The van der Waals surface area contributed by atoms with Crippen molar-refractivity contribution in [2.24, 2.45) is 0 Å². The third-order valence-electron chi connectivity index (χ3n) is 1.53. The summed E-state index contributed by atoms with van der Waals surface area (Å²) in [5.41, 5.74) is -0.00309. The lowest BCUT2D eigenvalue weighted by Gasteiger charge is -2.05. The number of rotatable bonds is 2. The summed E-state index contributed by atoms with van der Waals surface area (Å²) >= 11 is 3.88. The van der Waals surface area contributed by atoms with Gasteiger partial charge in [0.05, 0.1) is 15.7 Å². The van der Waals surface area contributed by atoms with Crippen molar-refractivity contribution in [1.29, 1.82) is 0 Å². The van der Waals surface area contributed by atoms with Crippen LogP contribution in [0, 0.1) is 13.0 Å². The van der Waals surface area contributed by atoms with Crippen LogP contribution in [0.2, 0.25) is 0 Å². The molecule has 0 amide bonds. The second-order valence-electron chi connectivity index (χ2n) is 2.44. The van der Waals surface area contributed by atoms with Gasteiger partial charge < -0.3 is 4.74 Å². The molecular weight excluding hydrogens is 413 g/mol. The van der Waals surface area contributed by atoms with Gasteiger partial charge in [-0.25, -0.2) is 9.18 Å². The van der Waals surface area contributed by atoms with E-state index in [1.807, 2.05) is 45.2 Å². The Kier molecular flexibility index (Phi) is 4.55. The third-order valence-corrected chi connectivity index (χ3v) is 4.52. The van der Waals surface area contributed by atoms with Crippen molar-refractivity contribution in [1.82, 2.24) is 0 Å². The van der Waals surface area contributed by atoms with Crippen molar-refractivity contribution in [3.63, 3.8) is 0 Å². The highest BCUT2D eigenvalue weighted by molar-refractivity contribution is 14.1. The van der Waals surface area contributed by atoms with Gasteiger partial charge in [0.2, 0.25) is 0 Å². The standard InChI is InChI=1S/C9H7FI2O2/c1-2-14-9(13)5-3-4-6(11)8(12)7(5)10/h3-4H,2H2,1H3. The summed E-state index contributed by atoms with van der Waals surface area (Å²) in [5.74, 6) is -1.12. The molecule has 0 saturated heterocycles. The zero-order chi connectivity index (χ0) is 10.7. The van der Waals surface area contributed by atoms with E-state index in [-0.39, 0.29) is 12.2 Å². The zero-order valence-electron chi connectivity index (χ0n) is 7.31. The summed E-state index contributed by atoms with van der Waals surface area (Å²) in [6.45, 7) is 1.94. The van der Waals surface area contributed by atoms with E-state index in [1.54, 1.807) is 13.0 Å². The molecule has 0 atom stereocenters. The average Bonchev–Trinajstić information content (AvgIpc) is 2.15. The molecule has 5 heteroatoms. The van der Waals surface area contributed by atoms with E-state index in [2.05, 4.69) is 0 Å². The van der Waals surface area contributed by atoms with E-state index in [0.29, 0.717) is 3.57 Å². The summed E-state index contributed by atoms with van der Waals surface area (Å²) in [7, 11) is 0. The topological polar surface area (TPSA) is 26.3 Å². The molecule has 0 N–H and O–H groups in total. The Morgan fingerprint density at radius 3 is 2.71 bits per heavy atom. The fourth-order valence-electron chi connectivity index (χ4n) is 0.892. The fraction of sp³-hybridized carbons (Fsp3) is 0.222. The van der Waals surface area contributed by atoms with Crippen LogP contribution in [0.5, 0.6) is 0 Å². The normalized spacial score (nSPS) is 10.0. The Labute approximate surface area is 108 Å². The molecule has 0 spiro atoms. The van der Waals surface area contributed by atoms with Gasteiger partial charge in [0.1, 0.15) is 0 Å². The predicted octanol–water partition coefficient (Wildman–Crippen LogP) is 3.21.